The van der Waals surface area contributed by atoms with Crippen LogP contribution in [0.5, 0.6) is 23.0 Å². The van der Waals surface area contributed by atoms with Gasteiger partial charge in [0.05, 0.1) is 26.4 Å². The standard InChI is InChI=1S/C33H40O19/c1-11-28(51-33-27(44)24(41)30(18(9-34)50-33)52-31-25(42)20(37)15(36)10-46-31)23(40)26(43)32(47-11)49-17-8-14(45-2)7-16-19(17)21(38)22(39)29(48-16)12-3-5-13(35)6-4-12/h3-8,11,15,18,20,23-28,30-37,39-44H,9-10H2,1-2H3. The molecule has 3 fully saturated rings. The van der Waals surface area contributed by atoms with Crippen molar-refractivity contribution in [3.8, 4) is 34.3 Å². The molecule has 14 unspecified atom stereocenters. The van der Waals surface area contributed by atoms with Crippen LogP contribution in [0.15, 0.2) is 45.6 Å². The average Bonchev–Trinajstić information content (AvgIpc) is 3.13. The van der Waals surface area contributed by atoms with Crippen LogP contribution in [0.2, 0.25) is 0 Å². The lowest BCUT2D eigenvalue weighted by Crippen LogP contribution is -2.65. The van der Waals surface area contributed by atoms with Crippen LogP contribution in [0.25, 0.3) is 22.3 Å². The Morgan fingerprint density at radius 1 is 0.788 bits per heavy atom. The predicted octanol–water partition coefficient (Wildman–Crippen LogP) is -2.63. The third-order valence-electron chi connectivity index (χ3n) is 9.15. The Hall–Kier alpha value is -3.67. The zero-order valence-electron chi connectivity index (χ0n) is 27.6. The van der Waals surface area contributed by atoms with E-state index in [2.05, 4.69) is 0 Å². The molecular weight excluding hydrogens is 700 g/mol. The molecule has 3 aliphatic rings. The SMILES string of the molecule is COc1cc(OC2OC(C)C(OC3OC(CO)C(OC4OCC(O)C(O)C4O)C(O)C3O)C(O)C2O)c2c(=O)c(O)c(-c3ccc(O)cc3)oc2c1. The van der Waals surface area contributed by atoms with Crippen LogP contribution in [0.1, 0.15) is 6.92 Å². The summed E-state index contributed by atoms with van der Waals surface area (Å²) in [6, 6.07) is 8.16. The molecule has 19 heteroatoms. The van der Waals surface area contributed by atoms with Crippen molar-refractivity contribution >= 4 is 11.0 Å². The highest BCUT2D eigenvalue weighted by Gasteiger charge is 2.52. The Morgan fingerprint density at radius 3 is 2.10 bits per heavy atom. The maximum absolute atomic E-state index is 13.4. The fourth-order valence-electron chi connectivity index (χ4n) is 6.23. The topological polar surface area (TPSA) is 297 Å². The van der Waals surface area contributed by atoms with Crippen LogP contribution in [0.3, 0.4) is 0 Å². The van der Waals surface area contributed by atoms with E-state index in [-0.39, 0.29) is 39.5 Å². The van der Waals surface area contributed by atoms with Gasteiger partial charge in [-0.05, 0) is 31.2 Å². The number of phenolic OH excluding ortho intramolecular Hbond substituents is 1. The molecule has 0 aliphatic carbocycles. The highest BCUT2D eigenvalue weighted by Crippen LogP contribution is 2.38. The minimum atomic E-state index is -1.89. The number of hydrogen-bond acceptors (Lipinski definition) is 19. The summed E-state index contributed by atoms with van der Waals surface area (Å²) in [6.45, 7) is 0.210. The fraction of sp³-hybridized carbons (Fsp3) is 0.545. The highest BCUT2D eigenvalue weighted by molar-refractivity contribution is 5.88. The third-order valence-corrected chi connectivity index (χ3v) is 9.15. The summed E-state index contributed by atoms with van der Waals surface area (Å²) < 4.78 is 45.0. The van der Waals surface area contributed by atoms with Crippen LogP contribution in [0.4, 0.5) is 0 Å². The lowest BCUT2D eigenvalue weighted by molar-refractivity contribution is -0.369. The first-order valence-corrected chi connectivity index (χ1v) is 16.2. The number of hydrogen-bond donors (Lipinski definition) is 10. The molecule has 3 aliphatic heterocycles. The molecule has 3 saturated heterocycles. The van der Waals surface area contributed by atoms with Crippen molar-refractivity contribution in [3.63, 3.8) is 0 Å². The van der Waals surface area contributed by atoms with Gasteiger partial charge in [-0.1, -0.05) is 0 Å². The van der Waals surface area contributed by atoms with Crippen molar-refractivity contribution in [2.45, 2.75) is 92.9 Å². The molecule has 2 aromatic carbocycles. The van der Waals surface area contributed by atoms with Crippen LogP contribution in [0, 0.1) is 0 Å². The summed E-state index contributed by atoms with van der Waals surface area (Å²) in [5.74, 6) is -1.14. The Labute approximate surface area is 293 Å². The molecule has 4 heterocycles. The van der Waals surface area contributed by atoms with Gasteiger partial charge in [0.15, 0.2) is 18.3 Å². The van der Waals surface area contributed by atoms with Crippen molar-refractivity contribution in [1.29, 1.82) is 0 Å². The van der Waals surface area contributed by atoms with Gasteiger partial charge in [-0.3, -0.25) is 4.79 Å². The normalized spacial score (nSPS) is 36.8. The van der Waals surface area contributed by atoms with Crippen LogP contribution in [-0.4, -0.2) is 157 Å². The Kier molecular flexibility index (Phi) is 11.2. The second-order valence-corrected chi connectivity index (χ2v) is 12.6. The molecule has 3 aromatic rings. The van der Waals surface area contributed by atoms with Crippen molar-refractivity contribution in [2.24, 2.45) is 0 Å². The highest BCUT2D eigenvalue weighted by atomic mass is 16.8. The van der Waals surface area contributed by atoms with E-state index in [0.717, 1.165) is 0 Å². The van der Waals surface area contributed by atoms with Crippen LogP contribution in [-0.2, 0) is 23.7 Å². The van der Waals surface area contributed by atoms with E-state index in [9.17, 15) is 55.9 Å². The van der Waals surface area contributed by atoms with E-state index in [0.29, 0.717) is 0 Å². The van der Waals surface area contributed by atoms with Gasteiger partial charge in [0.2, 0.25) is 17.5 Å². The number of benzene rings is 2. The van der Waals surface area contributed by atoms with Crippen molar-refractivity contribution in [1.82, 2.24) is 0 Å². The largest absolute Gasteiger partial charge is 0.508 e. The number of methoxy groups -OCH3 is 1. The zero-order valence-corrected chi connectivity index (χ0v) is 27.6. The first-order chi connectivity index (χ1) is 24.7. The van der Waals surface area contributed by atoms with Crippen molar-refractivity contribution in [3.05, 3.63) is 46.6 Å². The molecule has 1 aromatic heterocycles. The number of fused-ring (bicyclic) bond motifs is 1. The number of phenols is 1. The van der Waals surface area contributed by atoms with Crippen molar-refractivity contribution in [2.75, 3.05) is 20.3 Å². The summed E-state index contributed by atoms with van der Waals surface area (Å²) in [5, 5.41) is 104. The van der Waals surface area contributed by atoms with Gasteiger partial charge in [0.1, 0.15) is 89.3 Å². The molecule has 19 nitrogen and oxygen atoms in total. The predicted molar refractivity (Wildman–Crippen MR) is 170 cm³/mol. The van der Waals surface area contributed by atoms with Crippen molar-refractivity contribution < 1.29 is 88.6 Å². The Morgan fingerprint density at radius 2 is 1.42 bits per heavy atom. The molecule has 0 amide bonds. The summed E-state index contributed by atoms with van der Waals surface area (Å²) in [5.41, 5.74) is -0.719. The number of aliphatic hydroxyl groups is 8. The van der Waals surface area contributed by atoms with Crippen LogP contribution >= 0.6 is 0 Å². The van der Waals surface area contributed by atoms with E-state index in [1.54, 1.807) is 0 Å². The third kappa shape index (κ3) is 7.16. The summed E-state index contributed by atoms with van der Waals surface area (Å²) in [6.07, 6.45) is -22.6. The number of rotatable bonds is 9. The van der Waals surface area contributed by atoms with E-state index in [1.165, 1.54) is 50.4 Å². The summed E-state index contributed by atoms with van der Waals surface area (Å²) >= 11 is 0. The lowest BCUT2D eigenvalue weighted by Gasteiger charge is -2.47. The Bertz CT molecular complexity index is 1750. The molecule has 0 spiro atoms. The van der Waals surface area contributed by atoms with E-state index in [4.69, 9.17) is 37.6 Å². The first-order valence-electron chi connectivity index (χ1n) is 16.2. The minimum absolute atomic E-state index is 0.0524. The van der Waals surface area contributed by atoms with E-state index >= 15 is 0 Å². The molecule has 10 N–H and O–H groups in total. The number of aliphatic hydroxyl groups excluding tert-OH is 8. The minimum Gasteiger partial charge on any atom is -0.508 e. The van der Waals surface area contributed by atoms with Gasteiger partial charge >= 0.3 is 0 Å². The lowest BCUT2D eigenvalue weighted by atomic mass is 9.96. The maximum atomic E-state index is 13.4. The summed E-state index contributed by atoms with van der Waals surface area (Å²) in [7, 11) is 1.33. The van der Waals surface area contributed by atoms with Gasteiger partial charge in [-0.25, -0.2) is 0 Å². The molecule has 0 radical (unpaired) electrons. The van der Waals surface area contributed by atoms with Gasteiger partial charge < -0.3 is 88.6 Å². The second-order valence-electron chi connectivity index (χ2n) is 12.6. The molecule has 6 rings (SSSR count). The fourth-order valence-corrected chi connectivity index (χ4v) is 6.23. The molecule has 286 valence electrons. The molecule has 14 atom stereocenters. The molecule has 52 heavy (non-hydrogen) atoms. The second kappa shape index (κ2) is 15.4. The van der Waals surface area contributed by atoms with Gasteiger partial charge in [-0.15, -0.1) is 0 Å². The molecular formula is C33H40O19. The smallest absolute Gasteiger partial charge is 0.238 e. The monoisotopic (exact) mass is 740 g/mol. The van der Waals surface area contributed by atoms with Crippen LogP contribution < -0.4 is 14.9 Å². The van der Waals surface area contributed by atoms with E-state index in [1.807, 2.05) is 0 Å². The van der Waals surface area contributed by atoms with E-state index < -0.39 is 110 Å². The quantitative estimate of drug-likeness (QED) is 0.107. The van der Waals surface area contributed by atoms with Gasteiger partial charge in [-0.2, -0.15) is 0 Å². The molecule has 0 saturated carbocycles. The van der Waals surface area contributed by atoms with Gasteiger partial charge in [0, 0.05) is 17.7 Å². The first kappa shape index (κ1) is 38.1. The number of aromatic hydroxyl groups is 2. The maximum Gasteiger partial charge on any atom is 0.238 e. The average molecular weight is 741 g/mol. The number of ether oxygens (including phenoxy) is 7. The van der Waals surface area contributed by atoms with Gasteiger partial charge in [0.25, 0.3) is 0 Å². The summed E-state index contributed by atoms with van der Waals surface area (Å²) in [4.78, 5) is 13.4. The molecule has 0 bridgehead atoms. The Balaban J connectivity index is 1.18. The zero-order chi connectivity index (χ0) is 37.6.